The molecule has 1 aromatic carbocycles. The predicted molar refractivity (Wildman–Crippen MR) is 70.0 cm³/mol. The van der Waals surface area contributed by atoms with Gasteiger partial charge in [-0.25, -0.2) is 0 Å². The van der Waals surface area contributed by atoms with Gasteiger partial charge in [0.05, 0.1) is 6.10 Å². The first-order valence-corrected chi connectivity index (χ1v) is 6.09. The topological polar surface area (TPSA) is 75.4 Å². The lowest BCUT2D eigenvalue weighted by Gasteiger charge is -2.12. The van der Waals surface area contributed by atoms with Gasteiger partial charge in [-0.05, 0) is 13.0 Å². The van der Waals surface area contributed by atoms with Crippen molar-refractivity contribution in [3.05, 3.63) is 52.4 Å². The van der Waals surface area contributed by atoms with Gasteiger partial charge in [0, 0.05) is 23.2 Å². The minimum absolute atomic E-state index is 0.0501. The Balaban J connectivity index is 1.96. The first-order chi connectivity index (χ1) is 9.08. The van der Waals surface area contributed by atoms with Crippen molar-refractivity contribution in [2.75, 3.05) is 6.54 Å². The average Bonchev–Trinajstić information content (AvgIpc) is 2.83. The number of hydrogen-bond acceptors (Lipinski definition) is 4. The van der Waals surface area contributed by atoms with Crippen molar-refractivity contribution in [2.24, 2.45) is 0 Å². The Morgan fingerprint density at radius 3 is 2.89 bits per heavy atom. The molecule has 2 aromatic rings. The van der Waals surface area contributed by atoms with E-state index in [9.17, 15) is 9.90 Å². The molecule has 0 fully saturated rings. The van der Waals surface area contributed by atoms with E-state index in [4.69, 9.17) is 16.1 Å². The maximum Gasteiger partial charge on any atom is 0.273 e. The number of carbonyl (C=O) groups excluding carboxylic acids is 1. The number of nitrogens with zero attached hydrogens (tertiary/aromatic N) is 1. The van der Waals surface area contributed by atoms with Gasteiger partial charge < -0.3 is 14.9 Å². The number of rotatable bonds is 4. The van der Waals surface area contributed by atoms with Crippen molar-refractivity contribution < 1.29 is 14.4 Å². The highest BCUT2D eigenvalue weighted by molar-refractivity contribution is 6.31. The van der Waals surface area contributed by atoms with Gasteiger partial charge in [-0.1, -0.05) is 35.0 Å². The number of hydrogen-bond donors (Lipinski definition) is 2. The second kappa shape index (κ2) is 5.86. The summed E-state index contributed by atoms with van der Waals surface area (Å²) in [6.07, 6.45) is -0.870. The van der Waals surface area contributed by atoms with Crippen LogP contribution in [-0.4, -0.2) is 22.7 Å². The van der Waals surface area contributed by atoms with E-state index in [1.54, 1.807) is 31.2 Å². The second-order valence-corrected chi connectivity index (χ2v) is 4.48. The highest BCUT2D eigenvalue weighted by atomic mass is 35.5. The number of aliphatic hydroxyl groups excluding tert-OH is 1. The molecule has 0 aliphatic carbocycles. The molecular weight excluding hydrogens is 268 g/mol. The normalized spacial score (nSPS) is 12.2. The summed E-state index contributed by atoms with van der Waals surface area (Å²) in [6.45, 7) is 1.75. The number of aliphatic hydroxyl groups is 1. The number of aryl methyl sites for hydroxylation is 1. The van der Waals surface area contributed by atoms with Crippen molar-refractivity contribution in [1.29, 1.82) is 0 Å². The van der Waals surface area contributed by atoms with Crippen LogP contribution >= 0.6 is 11.6 Å². The maximum absolute atomic E-state index is 11.7. The van der Waals surface area contributed by atoms with Crippen LogP contribution in [0.15, 0.2) is 34.9 Å². The first kappa shape index (κ1) is 13.6. The van der Waals surface area contributed by atoms with Gasteiger partial charge in [-0.3, -0.25) is 4.79 Å². The number of benzene rings is 1. The summed E-state index contributed by atoms with van der Waals surface area (Å²) >= 11 is 5.95. The Morgan fingerprint density at radius 1 is 1.53 bits per heavy atom. The zero-order valence-electron chi connectivity index (χ0n) is 10.3. The molecule has 2 N–H and O–H groups in total. The van der Waals surface area contributed by atoms with Crippen molar-refractivity contribution >= 4 is 17.5 Å². The second-order valence-electron chi connectivity index (χ2n) is 4.07. The Hall–Kier alpha value is -1.85. The molecule has 0 unspecified atom stereocenters. The summed E-state index contributed by atoms with van der Waals surface area (Å²) in [4.78, 5) is 11.7. The SMILES string of the molecule is Cc1cc(C(=O)NC[C@@H](O)c2ccccc2Cl)no1. The van der Waals surface area contributed by atoms with E-state index >= 15 is 0 Å². The lowest BCUT2D eigenvalue weighted by Crippen LogP contribution is -2.28. The number of amides is 1. The molecule has 100 valence electrons. The van der Waals surface area contributed by atoms with E-state index in [0.717, 1.165) is 0 Å². The number of halogens is 1. The molecule has 0 aliphatic heterocycles. The smallest absolute Gasteiger partial charge is 0.273 e. The highest BCUT2D eigenvalue weighted by Crippen LogP contribution is 2.21. The zero-order valence-corrected chi connectivity index (χ0v) is 11.0. The molecule has 0 saturated heterocycles. The zero-order chi connectivity index (χ0) is 13.8. The van der Waals surface area contributed by atoms with Crippen LogP contribution in [0.5, 0.6) is 0 Å². The molecule has 1 aromatic heterocycles. The molecule has 0 spiro atoms. The standard InChI is InChI=1S/C13H13ClN2O3/c1-8-6-11(16-19-8)13(18)15-7-12(17)9-4-2-3-5-10(9)14/h2-6,12,17H,7H2,1H3,(H,15,18)/t12-/m1/s1. The third-order valence-electron chi connectivity index (χ3n) is 2.58. The van der Waals surface area contributed by atoms with Crippen LogP contribution in [0.3, 0.4) is 0 Å². The minimum atomic E-state index is -0.870. The Labute approximate surface area is 115 Å². The van der Waals surface area contributed by atoms with Crippen LogP contribution < -0.4 is 5.32 Å². The minimum Gasteiger partial charge on any atom is -0.387 e. The van der Waals surface area contributed by atoms with Gasteiger partial charge in [-0.15, -0.1) is 0 Å². The highest BCUT2D eigenvalue weighted by Gasteiger charge is 2.15. The summed E-state index contributed by atoms with van der Waals surface area (Å²) < 4.78 is 4.80. The van der Waals surface area contributed by atoms with Crippen LogP contribution in [0.1, 0.15) is 27.9 Å². The van der Waals surface area contributed by atoms with Crippen molar-refractivity contribution in [1.82, 2.24) is 10.5 Å². The molecule has 0 saturated carbocycles. The fourth-order valence-electron chi connectivity index (χ4n) is 1.61. The van der Waals surface area contributed by atoms with E-state index in [-0.39, 0.29) is 12.2 Å². The summed E-state index contributed by atoms with van der Waals surface area (Å²) in [5.41, 5.74) is 0.754. The molecule has 1 amide bonds. The number of nitrogens with one attached hydrogen (secondary N) is 1. The first-order valence-electron chi connectivity index (χ1n) is 5.72. The van der Waals surface area contributed by atoms with Gasteiger partial charge in [0.1, 0.15) is 5.76 Å². The molecule has 0 radical (unpaired) electrons. The third kappa shape index (κ3) is 3.33. The van der Waals surface area contributed by atoms with E-state index in [2.05, 4.69) is 10.5 Å². The van der Waals surface area contributed by atoms with E-state index < -0.39 is 12.0 Å². The lowest BCUT2D eigenvalue weighted by molar-refractivity contribution is 0.0907. The molecule has 0 aliphatic rings. The fourth-order valence-corrected chi connectivity index (χ4v) is 1.87. The molecule has 1 atom stereocenters. The van der Waals surface area contributed by atoms with Gasteiger partial charge in [-0.2, -0.15) is 0 Å². The van der Waals surface area contributed by atoms with Gasteiger partial charge >= 0.3 is 0 Å². The monoisotopic (exact) mass is 280 g/mol. The molecule has 6 heteroatoms. The van der Waals surface area contributed by atoms with E-state index in [0.29, 0.717) is 16.3 Å². The number of aromatic nitrogens is 1. The molecule has 19 heavy (non-hydrogen) atoms. The van der Waals surface area contributed by atoms with Crippen molar-refractivity contribution in [2.45, 2.75) is 13.0 Å². The van der Waals surface area contributed by atoms with Gasteiger partial charge in [0.2, 0.25) is 0 Å². The largest absolute Gasteiger partial charge is 0.387 e. The quantitative estimate of drug-likeness (QED) is 0.899. The van der Waals surface area contributed by atoms with Gasteiger partial charge in [0.15, 0.2) is 5.69 Å². The van der Waals surface area contributed by atoms with E-state index in [1.807, 2.05) is 0 Å². The molecular formula is C13H13ClN2O3. The lowest BCUT2D eigenvalue weighted by atomic mass is 10.1. The summed E-state index contributed by atoms with van der Waals surface area (Å²) in [7, 11) is 0. The predicted octanol–water partition coefficient (Wildman–Crippen LogP) is 2.10. The van der Waals surface area contributed by atoms with Crippen LogP contribution in [0.4, 0.5) is 0 Å². The summed E-state index contributed by atoms with van der Waals surface area (Å²) in [6, 6.07) is 8.46. The maximum atomic E-state index is 11.7. The Bertz CT molecular complexity index is 583. The van der Waals surface area contributed by atoms with Gasteiger partial charge in [0.25, 0.3) is 5.91 Å². The number of carbonyl (C=O) groups is 1. The Kier molecular flexibility index (Phi) is 4.19. The summed E-state index contributed by atoms with van der Waals surface area (Å²) in [5, 5.41) is 16.6. The third-order valence-corrected chi connectivity index (χ3v) is 2.93. The fraction of sp³-hybridized carbons (Fsp3) is 0.231. The van der Waals surface area contributed by atoms with E-state index in [1.165, 1.54) is 6.07 Å². The Morgan fingerprint density at radius 2 is 2.26 bits per heavy atom. The van der Waals surface area contributed by atoms with Crippen LogP contribution in [0, 0.1) is 6.92 Å². The van der Waals surface area contributed by atoms with Crippen LogP contribution in [0.25, 0.3) is 0 Å². The molecule has 5 nitrogen and oxygen atoms in total. The summed E-state index contributed by atoms with van der Waals surface area (Å²) in [5.74, 6) is 0.153. The molecule has 2 rings (SSSR count). The van der Waals surface area contributed by atoms with Crippen LogP contribution in [-0.2, 0) is 0 Å². The van der Waals surface area contributed by atoms with Crippen LogP contribution in [0.2, 0.25) is 5.02 Å². The molecule has 1 heterocycles. The van der Waals surface area contributed by atoms with Crippen molar-refractivity contribution in [3.63, 3.8) is 0 Å². The average molecular weight is 281 g/mol. The molecule has 0 bridgehead atoms. The van der Waals surface area contributed by atoms with Crippen molar-refractivity contribution in [3.8, 4) is 0 Å².